The molecule has 20 heavy (non-hydrogen) atoms. The highest BCUT2D eigenvalue weighted by Crippen LogP contribution is 2.32. The van der Waals surface area contributed by atoms with Crippen LogP contribution < -0.4 is 14.8 Å². The van der Waals surface area contributed by atoms with E-state index >= 15 is 0 Å². The molecule has 0 unspecified atom stereocenters. The Morgan fingerprint density at radius 3 is 2.75 bits per heavy atom. The second kappa shape index (κ2) is 5.32. The SMILES string of the molecule is Cc1ccc(NC(=O)c2ccc3c(c2)OCO3)cc1I. The Kier molecular flexibility index (Phi) is 3.52. The maximum absolute atomic E-state index is 12.2. The molecule has 0 saturated carbocycles. The van der Waals surface area contributed by atoms with Gasteiger partial charge in [0.25, 0.3) is 5.91 Å². The summed E-state index contributed by atoms with van der Waals surface area (Å²) in [5.41, 5.74) is 2.51. The first-order valence-corrected chi connectivity index (χ1v) is 7.18. The number of halogens is 1. The van der Waals surface area contributed by atoms with Crippen molar-refractivity contribution in [3.05, 3.63) is 51.1 Å². The molecule has 0 saturated heterocycles. The van der Waals surface area contributed by atoms with E-state index in [1.165, 1.54) is 5.56 Å². The summed E-state index contributed by atoms with van der Waals surface area (Å²) in [7, 11) is 0. The number of benzene rings is 2. The second-order valence-electron chi connectivity index (χ2n) is 4.49. The minimum Gasteiger partial charge on any atom is -0.454 e. The van der Waals surface area contributed by atoms with E-state index in [0.717, 1.165) is 9.26 Å². The minimum absolute atomic E-state index is 0.164. The van der Waals surface area contributed by atoms with Gasteiger partial charge in [-0.1, -0.05) is 6.07 Å². The molecule has 102 valence electrons. The number of carbonyl (C=O) groups excluding carboxylic acids is 1. The number of aryl methyl sites for hydroxylation is 1. The van der Waals surface area contributed by atoms with Gasteiger partial charge in [0, 0.05) is 14.8 Å². The Labute approximate surface area is 130 Å². The molecule has 1 heterocycles. The average molecular weight is 381 g/mol. The number of carbonyl (C=O) groups is 1. The van der Waals surface area contributed by atoms with Crippen LogP contribution in [0.2, 0.25) is 0 Å². The van der Waals surface area contributed by atoms with Crippen LogP contribution in [0.4, 0.5) is 5.69 Å². The zero-order valence-corrected chi connectivity index (χ0v) is 12.9. The maximum Gasteiger partial charge on any atom is 0.255 e. The number of hydrogen-bond acceptors (Lipinski definition) is 3. The average Bonchev–Trinajstić information content (AvgIpc) is 2.90. The van der Waals surface area contributed by atoms with Crippen LogP contribution in [0.25, 0.3) is 0 Å². The third-order valence-electron chi connectivity index (χ3n) is 3.06. The Morgan fingerprint density at radius 1 is 1.15 bits per heavy atom. The summed E-state index contributed by atoms with van der Waals surface area (Å²) in [5, 5.41) is 2.88. The molecular formula is C15H12INO3. The lowest BCUT2D eigenvalue weighted by Gasteiger charge is -2.07. The van der Waals surface area contributed by atoms with E-state index in [0.29, 0.717) is 17.1 Å². The molecule has 0 radical (unpaired) electrons. The summed E-state index contributed by atoms with van der Waals surface area (Å²) >= 11 is 2.25. The fraction of sp³-hybridized carbons (Fsp3) is 0.133. The number of anilines is 1. The molecule has 2 aromatic carbocycles. The fourth-order valence-electron chi connectivity index (χ4n) is 1.91. The minimum atomic E-state index is -0.164. The first kappa shape index (κ1) is 13.2. The van der Waals surface area contributed by atoms with Gasteiger partial charge in [-0.3, -0.25) is 4.79 Å². The van der Waals surface area contributed by atoms with Crippen molar-refractivity contribution < 1.29 is 14.3 Å². The highest BCUT2D eigenvalue weighted by molar-refractivity contribution is 14.1. The number of nitrogens with one attached hydrogen (secondary N) is 1. The molecule has 1 aliphatic rings. The zero-order valence-electron chi connectivity index (χ0n) is 10.8. The van der Waals surface area contributed by atoms with Gasteiger partial charge in [-0.05, 0) is 65.4 Å². The van der Waals surface area contributed by atoms with Crippen LogP contribution in [-0.2, 0) is 0 Å². The summed E-state index contributed by atoms with van der Waals surface area (Å²) in [4.78, 5) is 12.2. The fourth-order valence-corrected chi connectivity index (χ4v) is 2.43. The van der Waals surface area contributed by atoms with Gasteiger partial charge in [0.1, 0.15) is 0 Å². The zero-order chi connectivity index (χ0) is 14.1. The van der Waals surface area contributed by atoms with Gasteiger partial charge in [-0.25, -0.2) is 0 Å². The summed E-state index contributed by atoms with van der Waals surface area (Å²) in [6.07, 6.45) is 0. The van der Waals surface area contributed by atoms with Crippen molar-refractivity contribution >= 4 is 34.2 Å². The molecular weight excluding hydrogens is 369 g/mol. The quantitative estimate of drug-likeness (QED) is 0.810. The highest BCUT2D eigenvalue weighted by Gasteiger charge is 2.16. The molecule has 1 aliphatic heterocycles. The Morgan fingerprint density at radius 2 is 1.95 bits per heavy atom. The van der Waals surface area contributed by atoms with Gasteiger partial charge in [0.05, 0.1) is 0 Å². The molecule has 0 atom stereocenters. The van der Waals surface area contributed by atoms with Crippen molar-refractivity contribution in [2.75, 3.05) is 12.1 Å². The monoisotopic (exact) mass is 381 g/mol. The maximum atomic E-state index is 12.2. The number of ether oxygens (including phenoxy) is 2. The smallest absolute Gasteiger partial charge is 0.255 e. The van der Waals surface area contributed by atoms with Crippen molar-refractivity contribution in [1.82, 2.24) is 0 Å². The van der Waals surface area contributed by atoms with E-state index in [9.17, 15) is 4.79 Å². The van der Waals surface area contributed by atoms with Gasteiger partial charge in [0.15, 0.2) is 11.5 Å². The number of hydrogen-bond donors (Lipinski definition) is 1. The lowest BCUT2D eigenvalue weighted by Crippen LogP contribution is -2.11. The number of fused-ring (bicyclic) bond motifs is 1. The van der Waals surface area contributed by atoms with Gasteiger partial charge >= 0.3 is 0 Å². The molecule has 5 heteroatoms. The van der Waals surface area contributed by atoms with Crippen LogP contribution in [0.15, 0.2) is 36.4 Å². The van der Waals surface area contributed by atoms with E-state index in [1.54, 1.807) is 18.2 Å². The van der Waals surface area contributed by atoms with Crippen LogP contribution in [0.1, 0.15) is 15.9 Å². The van der Waals surface area contributed by atoms with Crippen molar-refractivity contribution in [2.24, 2.45) is 0 Å². The van der Waals surface area contributed by atoms with E-state index in [1.807, 2.05) is 25.1 Å². The molecule has 0 aromatic heterocycles. The van der Waals surface area contributed by atoms with Gasteiger partial charge in [-0.2, -0.15) is 0 Å². The third kappa shape index (κ3) is 2.58. The molecule has 4 nitrogen and oxygen atoms in total. The molecule has 0 aliphatic carbocycles. The largest absolute Gasteiger partial charge is 0.454 e. The van der Waals surface area contributed by atoms with Crippen LogP contribution in [-0.4, -0.2) is 12.7 Å². The molecule has 1 N–H and O–H groups in total. The third-order valence-corrected chi connectivity index (χ3v) is 4.23. The molecule has 2 aromatic rings. The van der Waals surface area contributed by atoms with Crippen LogP contribution in [0.5, 0.6) is 11.5 Å². The normalized spacial score (nSPS) is 12.3. The van der Waals surface area contributed by atoms with Crippen LogP contribution >= 0.6 is 22.6 Å². The lowest BCUT2D eigenvalue weighted by molar-refractivity contribution is 0.102. The molecule has 0 bridgehead atoms. The Balaban J connectivity index is 1.80. The van der Waals surface area contributed by atoms with E-state index in [-0.39, 0.29) is 12.7 Å². The Bertz CT molecular complexity index is 685. The summed E-state index contributed by atoms with van der Waals surface area (Å²) < 4.78 is 11.6. The second-order valence-corrected chi connectivity index (χ2v) is 5.65. The summed E-state index contributed by atoms with van der Waals surface area (Å²) in [6, 6.07) is 11.0. The number of rotatable bonds is 2. The molecule has 0 fully saturated rings. The highest BCUT2D eigenvalue weighted by atomic mass is 127. The lowest BCUT2D eigenvalue weighted by atomic mass is 10.1. The Hall–Kier alpha value is -1.76. The first-order valence-electron chi connectivity index (χ1n) is 6.10. The van der Waals surface area contributed by atoms with E-state index in [4.69, 9.17) is 9.47 Å². The predicted molar refractivity (Wildman–Crippen MR) is 84.4 cm³/mol. The van der Waals surface area contributed by atoms with Crippen molar-refractivity contribution in [3.8, 4) is 11.5 Å². The first-order chi connectivity index (χ1) is 9.63. The standard InChI is InChI=1S/C15H12INO3/c1-9-2-4-11(7-12(9)16)17-15(18)10-3-5-13-14(6-10)20-8-19-13/h2-7H,8H2,1H3,(H,17,18). The molecule has 0 spiro atoms. The summed E-state index contributed by atoms with van der Waals surface area (Å²) in [6.45, 7) is 2.24. The predicted octanol–water partition coefficient (Wildman–Crippen LogP) is 3.58. The topological polar surface area (TPSA) is 47.6 Å². The molecule has 3 rings (SSSR count). The number of amides is 1. The van der Waals surface area contributed by atoms with Crippen molar-refractivity contribution in [2.45, 2.75) is 6.92 Å². The molecule has 1 amide bonds. The van der Waals surface area contributed by atoms with E-state index in [2.05, 4.69) is 27.9 Å². The van der Waals surface area contributed by atoms with Gasteiger partial charge in [0.2, 0.25) is 6.79 Å². The van der Waals surface area contributed by atoms with E-state index < -0.39 is 0 Å². The van der Waals surface area contributed by atoms with Crippen LogP contribution in [0, 0.1) is 10.5 Å². The van der Waals surface area contributed by atoms with Gasteiger partial charge in [-0.15, -0.1) is 0 Å². The summed E-state index contributed by atoms with van der Waals surface area (Å²) in [5.74, 6) is 1.12. The van der Waals surface area contributed by atoms with Crippen LogP contribution in [0.3, 0.4) is 0 Å². The van der Waals surface area contributed by atoms with Crippen molar-refractivity contribution in [3.63, 3.8) is 0 Å². The van der Waals surface area contributed by atoms with Gasteiger partial charge < -0.3 is 14.8 Å². The van der Waals surface area contributed by atoms with Crippen molar-refractivity contribution in [1.29, 1.82) is 0 Å².